The van der Waals surface area contributed by atoms with Gasteiger partial charge in [-0.05, 0) is 62.2 Å². The number of esters is 2. The van der Waals surface area contributed by atoms with Gasteiger partial charge in [0.25, 0.3) is 0 Å². The number of aliphatic hydroxyl groups excluding tert-OH is 6. The molecule has 2 aliphatic rings. The number of hydrogen-bond acceptors (Lipinski definition) is 16. The Hall–Kier alpha value is -1.55. The molecular weight excluding hydrogens is 1060 g/mol. The molecule has 2 heterocycles. The molecule has 7 N–H and O–H groups in total. The van der Waals surface area contributed by atoms with Crippen LogP contribution >= 0.6 is 0 Å². The maximum absolute atomic E-state index is 14.0. The molecule has 2 aliphatic heterocycles. The summed E-state index contributed by atoms with van der Waals surface area (Å²) >= 11 is 0. The average Bonchev–Trinajstić information content (AvgIpc) is 3.43. The molecule has 480 valence electrons. The molecule has 0 bridgehead atoms. The SMILES string of the molecule is CCCCCCCCCCCCCCCCCC(=O)OC1C(OC2OC(CO)C(O)C(O)C2OS(=O)(=O)O)OC(CO)C(O)C1OC(=O)C(C)CC(C)CC(C)CC(C)CC(C)C(O)CCCCCCCCCCCCCCCCC. The first-order valence-corrected chi connectivity index (χ1v) is 34.1. The fourth-order valence-electron chi connectivity index (χ4n) is 12.2. The lowest BCUT2D eigenvalue weighted by atomic mass is 9.82. The molecule has 0 aliphatic carbocycles. The van der Waals surface area contributed by atoms with Gasteiger partial charge in [-0.3, -0.25) is 14.1 Å². The standard InChI is InChI=1S/C63H120O17S/c1-8-10-12-14-16-18-20-22-24-26-28-30-32-34-36-38-51(66)49(6)42-47(4)40-46(3)41-48(5)43-50(7)61(71)78-58-56(69)53(45-65)76-63(79-62-59(80-81(72,73)74)57(70)55(68)52(44-64)75-62)60(58)77-54(67)39-37-35-33-31-29-27-25-23-21-19-17-15-13-11-9-2/h46-53,55-60,62-66,68-70H,8-45H2,1-7H3,(H,72,73,74). The van der Waals surface area contributed by atoms with Crippen LogP contribution in [0.2, 0.25) is 0 Å². The van der Waals surface area contributed by atoms with Gasteiger partial charge in [-0.15, -0.1) is 0 Å². The van der Waals surface area contributed by atoms with E-state index in [1.54, 1.807) is 6.92 Å². The van der Waals surface area contributed by atoms with E-state index in [1.807, 2.05) is 0 Å². The van der Waals surface area contributed by atoms with Gasteiger partial charge in [-0.1, -0.05) is 235 Å². The number of ether oxygens (including phenoxy) is 5. The summed E-state index contributed by atoms with van der Waals surface area (Å²) in [6.45, 7) is 13.1. The van der Waals surface area contributed by atoms with Crippen molar-refractivity contribution < 1.29 is 81.1 Å². The van der Waals surface area contributed by atoms with E-state index >= 15 is 0 Å². The smallest absolute Gasteiger partial charge is 0.397 e. The van der Waals surface area contributed by atoms with Crippen molar-refractivity contribution in [1.82, 2.24) is 0 Å². The minimum Gasteiger partial charge on any atom is -0.455 e. The highest BCUT2D eigenvalue weighted by molar-refractivity contribution is 7.80. The fraction of sp³-hybridized carbons (Fsp3) is 0.968. The Labute approximate surface area is 491 Å². The summed E-state index contributed by atoms with van der Waals surface area (Å²) < 4.78 is 67.2. The molecule has 16 atom stereocenters. The van der Waals surface area contributed by atoms with Gasteiger partial charge < -0.3 is 54.3 Å². The maximum atomic E-state index is 14.0. The Morgan fingerprint density at radius 1 is 0.481 bits per heavy atom. The first-order valence-electron chi connectivity index (χ1n) is 32.7. The van der Waals surface area contributed by atoms with Crippen LogP contribution < -0.4 is 0 Å². The number of hydrogen-bond donors (Lipinski definition) is 7. The normalized spacial score (nSPS) is 25.7. The summed E-state index contributed by atoms with van der Waals surface area (Å²) in [6.07, 6.45) is 21.8. The zero-order valence-electron chi connectivity index (χ0n) is 51.7. The van der Waals surface area contributed by atoms with E-state index in [1.165, 1.54) is 141 Å². The van der Waals surface area contributed by atoms with Crippen molar-refractivity contribution in [2.75, 3.05) is 13.2 Å². The highest BCUT2D eigenvalue weighted by Crippen LogP contribution is 2.35. The molecule has 18 heteroatoms. The van der Waals surface area contributed by atoms with Crippen molar-refractivity contribution in [2.24, 2.45) is 29.6 Å². The Bertz CT molecular complexity index is 1670. The third kappa shape index (κ3) is 33.2. The van der Waals surface area contributed by atoms with Gasteiger partial charge in [0, 0.05) is 6.42 Å². The highest BCUT2D eigenvalue weighted by atomic mass is 32.3. The lowest BCUT2D eigenvalue weighted by molar-refractivity contribution is -0.374. The Balaban J connectivity index is 1.98. The zero-order valence-corrected chi connectivity index (χ0v) is 52.5. The van der Waals surface area contributed by atoms with Gasteiger partial charge in [0.15, 0.2) is 24.6 Å². The van der Waals surface area contributed by atoms with Crippen LogP contribution in [0, 0.1) is 29.6 Å². The van der Waals surface area contributed by atoms with Crippen LogP contribution in [-0.2, 0) is 47.9 Å². The summed E-state index contributed by atoms with van der Waals surface area (Å²) in [5, 5.41) is 64.3. The predicted molar refractivity (Wildman–Crippen MR) is 316 cm³/mol. The van der Waals surface area contributed by atoms with Gasteiger partial charge in [-0.2, -0.15) is 8.42 Å². The number of rotatable bonds is 50. The molecule has 0 radical (unpaired) electrons. The van der Waals surface area contributed by atoms with Crippen molar-refractivity contribution in [3.63, 3.8) is 0 Å². The van der Waals surface area contributed by atoms with Crippen molar-refractivity contribution in [3.05, 3.63) is 0 Å². The predicted octanol–water partition coefficient (Wildman–Crippen LogP) is 12.2. The summed E-state index contributed by atoms with van der Waals surface area (Å²) in [5.41, 5.74) is 0. The quantitative estimate of drug-likeness (QED) is 0.0170. The van der Waals surface area contributed by atoms with E-state index < -0.39 is 103 Å². The van der Waals surface area contributed by atoms with Gasteiger partial charge in [0.05, 0.1) is 25.2 Å². The minimum absolute atomic E-state index is 0.0582. The molecule has 2 rings (SSSR count). The first kappa shape index (κ1) is 75.5. The summed E-state index contributed by atoms with van der Waals surface area (Å²) in [6, 6.07) is 0. The molecule has 0 saturated carbocycles. The van der Waals surface area contributed by atoms with Crippen LogP contribution in [-0.4, -0.2) is 136 Å². The number of carbonyl (C=O) groups is 2. The second kappa shape index (κ2) is 44.8. The zero-order chi connectivity index (χ0) is 60.0. The van der Waals surface area contributed by atoms with Gasteiger partial charge in [0.2, 0.25) is 6.29 Å². The number of unbranched alkanes of at least 4 members (excludes halogenated alkanes) is 28. The monoisotopic (exact) mass is 1180 g/mol. The molecule has 0 aromatic heterocycles. The Morgan fingerprint density at radius 2 is 0.864 bits per heavy atom. The molecule has 0 amide bonds. The van der Waals surface area contributed by atoms with E-state index in [-0.39, 0.29) is 24.4 Å². The maximum Gasteiger partial charge on any atom is 0.397 e. The second-order valence-corrected chi connectivity index (χ2v) is 26.1. The van der Waals surface area contributed by atoms with E-state index in [0.717, 1.165) is 70.6 Å². The first-order chi connectivity index (χ1) is 38.8. The van der Waals surface area contributed by atoms with Crippen LogP contribution in [0.4, 0.5) is 0 Å². The average molecular weight is 1180 g/mol. The summed E-state index contributed by atoms with van der Waals surface area (Å²) in [4.78, 5) is 27.6. The fourth-order valence-corrected chi connectivity index (χ4v) is 12.7. The molecule has 0 aromatic carbocycles. The van der Waals surface area contributed by atoms with Gasteiger partial charge in [0.1, 0.15) is 30.5 Å². The van der Waals surface area contributed by atoms with Crippen LogP contribution in [0.15, 0.2) is 0 Å². The second-order valence-electron chi connectivity index (χ2n) is 25.0. The summed E-state index contributed by atoms with van der Waals surface area (Å²) in [5.74, 6) is -1.20. The molecular formula is C63H120O17S. The van der Waals surface area contributed by atoms with Gasteiger partial charge >= 0.3 is 22.3 Å². The van der Waals surface area contributed by atoms with Crippen LogP contribution in [0.3, 0.4) is 0 Å². The third-order valence-electron chi connectivity index (χ3n) is 16.9. The van der Waals surface area contributed by atoms with Crippen molar-refractivity contribution >= 4 is 22.3 Å². The van der Waals surface area contributed by atoms with E-state index in [0.29, 0.717) is 24.7 Å². The van der Waals surface area contributed by atoms with E-state index in [2.05, 4.69) is 45.7 Å². The lowest BCUT2D eigenvalue weighted by Gasteiger charge is -2.46. The topological polar surface area (TPSA) is 265 Å². The van der Waals surface area contributed by atoms with Crippen LogP contribution in [0.1, 0.15) is 280 Å². The number of carbonyl (C=O) groups excluding carboxylic acids is 2. The summed E-state index contributed by atoms with van der Waals surface area (Å²) in [7, 11) is -5.32. The van der Waals surface area contributed by atoms with Gasteiger partial charge in [-0.25, -0.2) is 4.18 Å². The van der Waals surface area contributed by atoms with E-state index in [9.17, 15) is 53.2 Å². The highest BCUT2D eigenvalue weighted by Gasteiger charge is 2.55. The molecule has 17 nitrogen and oxygen atoms in total. The molecule has 0 aromatic rings. The molecule has 2 saturated heterocycles. The lowest BCUT2D eigenvalue weighted by Crippen LogP contribution is -2.65. The molecule has 81 heavy (non-hydrogen) atoms. The molecule has 2 fully saturated rings. The van der Waals surface area contributed by atoms with Crippen molar-refractivity contribution in [1.29, 1.82) is 0 Å². The largest absolute Gasteiger partial charge is 0.455 e. The van der Waals surface area contributed by atoms with Crippen molar-refractivity contribution in [2.45, 2.75) is 347 Å². The van der Waals surface area contributed by atoms with Crippen molar-refractivity contribution in [3.8, 4) is 0 Å². The number of aliphatic hydroxyl groups is 6. The molecule has 16 unspecified atom stereocenters. The molecule has 0 spiro atoms. The minimum atomic E-state index is -5.32. The third-order valence-corrected chi connectivity index (χ3v) is 17.4. The van der Waals surface area contributed by atoms with Crippen LogP contribution in [0.25, 0.3) is 0 Å². The Kier molecular flexibility index (Phi) is 41.8. The Morgan fingerprint density at radius 3 is 1.30 bits per heavy atom. The van der Waals surface area contributed by atoms with E-state index in [4.69, 9.17) is 23.7 Å². The van der Waals surface area contributed by atoms with Crippen LogP contribution in [0.5, 0.6) is 0 Å².